The minimum absolute atomic E-state index is 0.0984. The molecule has 0 spiro atoms. The molecule has 0 bridgehead atoms. The van der Waals surface area contributed by atoms with Crippen molar-refractivity contribution >= 4 is 35.6 Å². The van der Waals surface area contributed by atoms with Crippen molar-refractivity contribution < 1.29 is 9.53 Å². The van der Waals surface area contributed by atoms with E-state index in [-0.39, 0.29) is 5.91 Å². The molecule has 3 rings (SSSR count). The van der Waals surface area contributed by atoms with E-state index < -0.39 is 0 Å². The third-order valence-corrected chi connectivity index (χ3v) is 6.12. The van der Waals surface area contributed by atoms with Crippen LogP contribution in [-0.2, 0) is 10.5 Å². The number of carbonyl (C=O) groups is 1. The predicted octanol–water partition coefficient (Wildman–Crippen LogP) is 3.87. The lowest BCUT2D eigenvalue weighted by Gasteiger charge is -2.25. The van der Waals surface area contributed by atoms with Gasteiger partial charge in [-0.2, -0.15) is 16.9 Å². The molecular weight excluding hydrogens is 364 g/mol. The maximum Gasteiger partial charge on any atom is 0.250 e. The summed E-state index contributed by atoms with van der Waals surface area (Å²) in [6.07, 6.45) is 1.96. The molecule has 1 heterocycles. The molecule has 0 saturated carbocycles. The lowest BCUT2D eigenvalue weighted by molar-refractivity contribution is -0.118. The van der Waals surface area contributed by atoms with Crippen LogP contribution in [-0.4, -0.2) is 35.5 Å². The summed E-state index contributed by atoms with van der Waals surface area (Å²) in [5, 5.41) is 4.04. The number of nitrogens with zero attached hydrogens (tertiary/aromatic N) is 1. The Morgan fingerprint density at radius 3 is 2.92 bits per heavy atom. The lowest BCUT2D eigenvalue weighted by atomic mass is 10.1. The first kappa shape index (κ1) is 18.9. The summed E-state index contributed by atoms with van der Waals surface area (Å²) < 4.78 is 5.85. The maximum atomic E-state index is 11.9. The van der Waals surface area contributed by atoms with Crippen molar-refractivity contribution in [3.63, 3.8) is 0 Å². The SMILES string of the molecule is Cc1ccccc1CSCC(=O)NN=Cc1cccc(OC2CSC2)c1. The van der Waals surface area contributed by atoms with E-state index in [4.69, 9.17) is 4.74 Å². The van der Waals surface area contributed by atoms with Crippen molar-refractivity contribution in [2.75, 3.05) is 17.3 Å². The standard InChI is InChI=1S/C20H22N2O2S2/c1-15-5-2-3-7-17(15)11-25-14-20(23)22-21-10-16-6-4-8-18(9-16)24-19-12-26-13-19/h2-10,19H,11-14H2,1H3,(H,22,23). The number of rotatable bonds is 8. The topological polar surface area (TPSA) is 50.7 Å². The number of amides is 1. The lowest BCUT2D eigenvalue weighted by Crippen LogP contribution is -2.31. The van der Waals surface area contributed by atoms with Crippen molar-refractivity contribution in [2.45, 2.75) is 18.8 Å². The van der Waals surface area contributed by atoms with Crippen molar-refractivity contribution in [1.29, 1.82) is 0 Å². The van der Waals surface area contributed by atoms with E-state index >= 15 is 0 Å². The number of nitrogens with one attached hydrogen (secondary N) is 1. The van der Waals surface area contributed by atoms with Crippen LogP contribution in [0.2, 0.25) is 0 Å². The van der Waals surface area contributed by atoms with Gasteiger partial charge in [0.1, 0.15) is 11.9 Å². The van der Waals surface area contributed by atoms with Crippen LogP contribution in [0.3, 0.4) is 0 Å². The highest BCUT2D eigenvalue weighted by Crippen LogP contribution is 2.24. The van der Waals surface area contributed by atoms with Crippen LogP contribution in [0.1, 0.15) is 16.7 Å². The van der Waals surface area contributed by atoms with Crippen LogP contribution in [0.5, 0.6) is 5.75 Å². The summed E-state index contributed by atoms with van der Waals surface area (Å²) in [5.41, 5.74) is 6.00. The Hall–Kier alpha value is -1.92. The van der Waals surface area contributed by atoms with Crippen LogP contribution < -0.4 is 10.2 Å². The quantitative estimate of drug-likeness (QED) is 0.553. The van der Waals surface area contributed by atoms with E-state index in [1.165, 1.54) is 11.1 Å². The molecule has 0 aliphatic carbocycles. The summed E-state index contributed by atoms with van der Waals surface area (Å²) >= 11 is 3.48. The molecule has 6 heteroatoms. The molecule has 26 heavy (non-hydrogen) atoms. The number of thioether (sulfide) groups is 2. The number of hydrogen-bond acceptors (Lipinski definition) is 5. The van der Waals surface area contributed by atoms with Gasteiger partial charge in [-0.05, 0) is 35.7 Å². The Bertz CT molecular complexity index is 776. The van der Waals surface area contributed by atoms with Gasteiger partial charge in [-0.25, -0.2) is 5.43 Å². The zero-order valence-corrected chi connectivity index (χ0v) is 16.3. The molecule has 1 amide bonds. The fourth-order valence-corrected chi connectivity index (χ4v) is 3.84. The van der Waals surface area contributed by atoms with Gasteiger partial charge in [-0.15, -0.1) is 11.8 Å². The zero-order chi connectivity index (χ0) is 18.2. The molecule has 1 N–H and O–H groups in total. The Balaban J connectivity index is 1.41. The third-order valence-electron chi connectivity index (χ3n) is 3.92. The van der Waals surface area contributed by atoms with E-state index in [1.54, 1.807) is 18.0 Å². The first-order valence-electron chi connectivity index (χ1n) is 8.49. The van der Waals surface area contributed by atoms with Crippen LogP contribution in [0.25, 0.3) is 0 Å². The molecular formula is C20H22N2O2S2. The Morgan fingerprint density at radius 2 is 2.15 bits per heavy atom. The predicted molar refractivity (Wildman–Crippen MR) is 111 cm³/mol. The second-order valence-corrected chi connectivity index (χ2v) is 8.12. The molecule has 0 atom stereocenters. The highest BCUT2D eigenvalue weighted by molar-refractivity contribution is 8.00. The van der Waals surface area contributed by atoms with Gasteiger partial charge in [0, 0.05) is 17.3 Å². The van der Waals surface area contributed by atoms with Gasteiger partial charge in [0.2, 0.25) is 5.91 Å². The van der Waals surface area contributed by atoms with Crippen LogP contribution in [0, 0.1) is 6.92 Å². The molecule has 4 nitrogen and oxygen atoms in total. The van der Waals surface area contributed by atoms with Crippen LogP contribution in [0.15, 0.2) is 53.6 Å². The summed E-state index contributed by atoms with van der Waals surface area (Å²) in [5.74, 6) is 4.05. The van der Waals surface area contributed by atoms with Gasteiger partial charge in [0.05, 0.1) is 12.0 Å². The number of carbonyl (C=O) groups excluding carboxylic acids is 1. The molecule has 0 radical (unpaired) electrons. The van der Waals surface area contributed by atoms with E-state index in [0.29, 0.717) is 11.9 Å². The zero-order valence-electron chi connectivity index (χ0n) is 14.7. The van der Waals surface area contributed by atoms with Crippen molar-refractivity contribution in [2.24, 2.45) is 5.10 Å². The van der Waals surface area contributed by atoms with Gasteiger partial charge in [-0.1, -0.05) is 36.4 Å². The van der Waals surface area contributed by atoms with Crippen LogP contribution in [0.4, 0.5) is 0 Å². The molecule has 2 aromatic rings. The number of aryl methyl sites for hydroxylation is 1. The fourth-order valence-electron chi connectivity index (χ4n) is 2.38. The molecule has 136 valence electrons. The van der Waals surface area contributed by atoms with Crippen molar-refractivity contribution in [3.05, 3.63) is 65.2 Å². The molecule has 1 saturated heterocycles. The number of hydrazone groups is 1. The van der Waals surface area contributed by atoms with Crippen LogP contribution >= 0.6 is 23.5 Å². The van der Waals surface area contributed by atoms with Crippen molar-refractivity contribution in [1.82, 2.24) is 5.43 Å². The van der Waals surface area contributed by atoms with E-state index in [2.05, 4.69) is 29.6 Å². The number of benzene rings is 2. The molecule has 0 unspecified atom stereocenters. The minimum atomic E-state index is -0.0984. The van der Waals surface area contributed by atoms with E-state index in [1.807, 2.05) is 48.2 Å². The van der Waals surface area contributed by atoms with Crippen molar-refractivity contribution in [3.8, 4) is 5.75 Å². The summed E-state index contributed by atoms with van der Waals surface area (Å²) in [6.45, 7) is 2.09. The van der Waals surface area contributed by atoms with Gasteiger partial charge in [0.15, 0.2) is 0 Å². The smallest absolute Gasteiger partial charge is 0.250 e. The van der Waals surface area contributed by atoms with Gasteiger partial charge in [0.25, 0.3) is 0 Å². The second-order valence-electron chi connectivity index (χ2n) is 6.06. The highest BCUT2D eigenvalue weighted by Gasteiger charge is 2.19. The minimum Gasteiger partial charge on any atom is -0.489 e. The Kier molecular flexibility index (Phi) is 7.03. The van der Waals surface area contributed by atoms with Gasteiger partial charge >= 0.3 is 0 Å². The van der Waals surface area contributed by atoms with Gasteiger partial charge in [-0.3, -0.25) is 4.79 Å². The summed E-state index contributed by atoms with van der Waals surface area (Å²) in [7, 11) is 0. The summed E-state index contributed by atoms with van der Waals surface area (Å²) in [4.78, 5) is 11.9. The number of ether oxygens (including phenoxy) is 1. The van der Waals surface area contributed by atoms with E-state index in [0.717, 1.165) is 28.6 Å². The third kappa shape index (κ3) is 5.81. The Morgan fingerprint density at radius 1 is 1.31 bits per heavy atom. The monoisotopic (exact) mass is 386 g/mol. The fraction of sp³-hybridized carbons (Fsp3) is 0.300. The molecule has 1 aliphatic rings. The average Bonchev–Trinajstić information content (AvgIpc) is 2.60. The van der Waals surface area contributed by atoms with E-state index in [9.17, 15) is 4.79 Å². The first-order valence-corrected chi connectivity index (χ1v) is 10.8. The van der Waals surface area contributed by atoms with Gasteiger partial charge < -0.3 is 4.74 Å². The molecule has 0 aromatic heterocycles. The molecule has 1 aliphatic heterocycles. The second kappa shape index (κ2) is 9.69. The largest absolute Gasteiger partial charge is 0.489 e. The Labute approximate surface area is 162 Å². The number of hydrogen-bond donors (Lipinski definition) is 1. The average molecular weight is 387 g/mol. The maximum absolute atomic E-state index is 11.9. The molecule has 2 aromatic carbocycles. The summed E-state index contributed by atoms with van der Waals surface area (Å²) in [6, 6.07) is 16.0. The highest BCUT2D eigenvalue weighted by atomic mass is 32.2. The first-order chi connectivity index (χ1) is 12.7. The normalized spacial score (nSPS) is 14.2. The molecule has 1 fully saturated rings.